The van der Waals surface area contributed by atoms with E-state index in [1.807, 2.05) is 0 Å². The van der Waals surface area contributed by atoms with Crippen LogP contribution in [0.15, 0.2) is 12.2 Å². The first-order chi connectivity index (χ1) is 5.31. The van der Waals surface area contributed by atoms with E-state index in [1.54, 1.807) is 13.8 Å². The maximum atomic E-state index is 11.5. The van der Waals surface area contributed by atoms with Crippen molar-refractivity contribution in [3.05, 3.63) is 12.2 Å². The zero-order valence-corrected chi connectivity index (χ0v) is 6.77. The van der Waals surface area contributed by atoms with Crippen LogP contribution in [0, 0.1) is 0 Å². The van der Waals surface area contributed by atoms with Gasteiger partial charge in [0.15, 0.2) is 0 Å². The molecule has 0 atom stereocenters. The highest BCUT2D eigenvalue weighted by Gasteiger charge is 2.22. The molecule has 0 aliphatic carbocycles. The lowest BCUT2D eigenvalue weighted by Gasteiger charge is -2.04. The lowest BCUT2D eigenvalue weighted by Crippen LogP contribution is -2.28. The summed E-state index contributed by atoms with van der Waals surface area (Å²) in [5.74, 6) is -0.734. The minimum Gasteiger partial charge on any atom is -0.350 e. The fourth-order valence-corrected chi connectivity index (χ4v) is 0.503. The van der Waals surface area contributed by atoms with Gasteiger partial charge in [-0.2, -0.15) is 13.2 Å². The Morgan fingerprint density at radius 1 is 1.42 bits per heavy atom. The number of hydrogen-bond acceptors (Lipinski definition) is 1. The van der Waals surface area contributed by atoms with Gasteiger partial charge in [0.25, 0.3) is 0 Å². The van der Waals surface area contributed by atoms with Crippen LogP contribution in [-0.2, 0) is 4.79 Å². The van der Waals surface area contributed by atoms with Gasteiger partial charge in [-0.15, -0.1) is 0 Å². The summed E-state index contributed by atoms with van der Waals surface area (Å²) in [5.41, 5.74) is 0. The van der Waals surface area contributed by atoms with Gasteiger partial charge < -0.3 is 5.32 Å². The molecule has 0 saturated carbocycles. The van der Waals surface area contributed by atoms with E-state index >= 15 is 0 Å². The Kier molecular flexibility index (Phi) is 3.79. The van der Waals surface area contributed by atoms with Gasteiger partial charge in [0.2, 0.25) is 5.91 Å². The van der Waals surface area contributed by atoms with Gasteiger partial charge in [-0.05, 0) is 13.8 Å². The van der Waals surface area contributed by atoms with Crippen molar-refractivity contribution >= 4 is 5.91 Å². The standard InChI is InChI=1S/C7H10F3NO/c1-5(2)11-6(12)3-4-7(8,9)10/h3-5H,1-2H3,(H,11,12)/b4-3+. The van der Waals surface area contributed by atoms with E-state index in [0.717, 1.165) is 0 Å². The van der Waals surface area contributed by atoms with Crippen molar-refractivity contribution in [1.29, 1.82) is 0 Å². The highest BCUT2D eigenvalue weighted by Crippen LogP contribution is 2.15. The third-order valence-corrected chi connectivity index (χ3v) is 0.855. The van der Waals surface area contributed by atoms with Crippen LogP contribution in [0.3, 0.4) is 0 Å². The molecule has 0 aliphatic heterocycles. The Morgan fingerprint density at radius 3 is 2.25 bits per heavy atom. The van der Waals surface area contributed by atoms with Gasteiger partial charge in [-0.25, -0.2) is 0 Å². The lowest BCUT2D eigenvalue weighted by molar-refractivity contribution is -0.117. The van der Waals surface area contributed by atoms with Gasteiger partial charge >= 0.3 is 6.18 Å². The molecule has 12 heavy (non-hydrogen) atoms. The van der Waals surface area contributed by atoms with Crippen LogP contribution in [0.2, 0.25) is 0 Å². The van der Waals surface area contributed by atoms with Crippen LogP contribution in [0.25, 0.3) is 0 Å². The second kappa shape index (κ2) is 4.13. The van der Waals surface area contributed by atoms with Gasteiger partial charge in [0.05, 0.1) is 0 Å². The van der Waals surface area contributed by atoms with E-state index in [2.05, 4.69) is 5.32 Å². The molecule has 1 N–H and O–H groups in total. The Balaban J connectivity index is 3.93. The van der Waals surface area contributed by atoms with E-state index in [1.165, 1.54) is 0 Å². The number of amides is 1. The van der Waals surface area contributed by atoms with Gasteiger partial charge in [-0.1, -0.05) is 0 Å². The Morgan fingerprint density at radius 2 is 1.92 bits per heavy atom. The molecule has 0 saturated heterocycles. The highest BCUT2D eigenvalue weighted by molar-refractivity contribution is 5.87. The summed E-state index contributed by atoms with van der Waals surface area (Å²) in [6.07, 6.45) is -4.04. The molecule has 0 aromatic rings. The van der Waals surface area contributed by atoms with Gasteiger partial charge in [0.1, 0.15) is 0 Å². The number of carbonyl (C=O) groups is 1. The summed E-state index contributed by atoms with van der Waals surface area (Å²) in [4.78, 5) is 10.6. The zero-order valence-electron chi connectivity index (χ0n) is 6.77. The SMILES string of the molecule is CC(C)NC(=O)/C=C/C(F)(F)F. The van der Waals surface area contributed by atoms with Crippen molar-refractivity contribution in [1.82, 2.24) is 5.32 Å². The van der Waals surface area contributed by atoms with E-state index in [9.17, 15) is 18.0 Å². The lowest BCUT2D eigenvalue weighted by atomic mass is 10.3. The van der Waals surface area contributed by atoms with Crippen LogP contribution < -0.4 is 5.32 Å². The summed E-state index contributed by atoms with van der Waals surface area (Å²) in [5, 5.41) is 2.29. The number of carbonyl (C=O) groups excluding carboxylic acids is 1. The molecule has 0 fully saturated rings. The van der Waals surface area contributed by atoms with Crippen molar-refractivity contribution in [3.63, 3.8) is 0 Å². The van der Waals surface area contributed by atoms with Crippen molar-refractivity contribution in [3.8, 4) is 0 Å². The Hall–Kier alpha value is -1.00. The number of alkyl halides is 3. The van der Waals surface area contributed by atoms with E-state index in [-0.39, 0.29) is 12.1 Å². The molecule has 0 aromatic heterocycles. The molecule has 0 aliphatic rings. The predicted octanol–water partition coefficient (Wildman–Crippen LogP) is 1.63. The third kappa shape index (κ3) is 7.11. The smallest absolute Gasteiger partial charge is 0.350 e. The fraction of sp³-hybridized carbons (Fsp3) is 0.571. The Labute approximate surface area is 68.4 Å². The minimum absolute atomic E-state index is 0.0925. The number of allylic oxidation sites excluding steroid dienone is 1. The summed E-state index contributed by atoms with van der Waals surface area (Å²) >= 11 is 0. The molecule has 0 spiro atoms. The van der Waals surface area contributed by atoms with Crippen molar-refractivity contribution in [2.24, 2.45) is 0 Å². The van der Waals surface area contributed by atoms with Gasteiger partial charge in [0, 0.05) is 18.2 Å². The highest BCUT2D eigenvalue weighted by atomic mass is 19.4. The molecular formula is C7H10F3NO. The molecule has 0 rings (SSSR count). The second-order valence-corrected chi connectivity index (χ2v) is 2.54. The monoisotopic (exact) mass is 181 g/mol. The van der Waals surface area contributed by atoms with Crippen LogP contribution in [0.5, 0.6) is 0 Å². The fourth-order valence-electron chi connectivity index (χ4n) is 0.503. The normalized spacial score (nSPS) is 12.5. The Bertz CT molecular complexity index is 184. The van der Waals surface area contributed by atoms with E-state index in [4.69, 9.17) is 0 Å². The topological polar surface area (TPSA) is 29.1 Å². The molecule has 1 amide bonds. The molecule has 0 radical (unpaired) electrons. The maximum absolute atomic E-state index is 11.5. The molecule has 5 heteroatoms. The van der Waals surface area contributed by atoms with E-state index < -0.39 is 12.1 Å². The predicted molar refractivity (Wildman–Crippen MR) is 38.5 cm³/mol. The summed E-state index contributed by atoms with van der Waals surface area (Å²) in [6.45, 7) is 3.33. The summed E-state index contributed by atoms with van der Waals surface area (Å²) < 4.78 is 34.5. The van der Waals surface area contributed by atoms with Crippen LogP contribution in [0.1, 0.15) is 13.8 Å². The first kappa shape index (κ1) is 11.0. The average molecular weight is 181 g/mol. The first-order valence-corrected chi connectivity index (χ1v) is 3.38. The molecule has 0 bridgehead atoms. The first-order valence-electron chi connectivity index (χ1n) is 3.38. The molecule has 0 unspecified atom stereocenters. The van der Waals surface area contributed by atoms with Gasteiger partial charge in [-0.3, -0.25) is 4.79 Å². The average Bonchev–Trinajstić information content (AvgIpc) is 1.80. The van der Waals surface area contributed by atoms with Crippen molar-refractivity contribution in [2.75, 3.05) is 0 Å². The second-order valence-electron chi connectivity index (χ2n) is 2.54. The zero-order chi connectivity index (χ0) is 9.78. The van der Waals surface area contributed by atoms with Crippen molar-refractivity contribution < 1.29 is 18.0 Å². The molecular weight excluding hydrogens is 171 g/mol. The number of nitrogens with one attached hydrogen (secondary N) is 1. The molecule has 0 heterocycles. The maximum Gasteiger partial charge on any atom is 0.409 e. The summed E-state index contributed by atoms with van der Waals surface area (Å²) in [7, 11) is 0. The van der Waals surface area contributed by atoms with Crippen molar-refractivity contribution in [2.45, 2.75) is 26.1 Å². The van der Waals surface area contributed by atoms with E-state index in [0.29, 0.717) is 6.08 Å². The van der Waals surface area contributed by atoms with Crippen LogP contribution in [0.4, 0.5) is 13.2 Å². The van der Waals surface area contributed by atoms with Crippen LogP contribution >= 0.6 is 0 Å². The number of halogens is 3. The number of rotatable bonds is 2. The third-order valence-electron chi connectivity index (χ3n) is 0.855. The quantitative estimate of drug-likeness (QED) is 0.644. The molecule has 2 nitrogen and oxygen atoms in total. The minimum atomic E-state index is -4.42. The molecule has 0 aromatic carbocycles. The van der Waals surface area contributed by atoms with Crippen LogP contribution in [-0.4, -0.2) is 18.1 Å². The largest absolute Gasteiger partial charge is 0.409 e. The number of hydrogen-bond donors (Lipinski definition) is 1. The summed E-state index contributed by atoms with van der Waals surface area (Å²) in [6, 6.07) is -0.157. The molecule has 70 valence electrons.